The second-order valence-electron chi connectivity index (χ2n) is 3.96. The van der Waals surface area contributed by atoms with Gasteiger partial charge < -0.3 is 10.8 Å². The van der Waals surface area contributed by atoms with Gasteiger partial charge in [0.2, 0.25) is 0 Å². The summed E-state index contributed by atoms with van der Waals surface area (Å²) in [5.41, 5.74) is 4.15. The number of hydrogen-bond donors (Lipinski definition) is 2. The number of benzene rings is 1. The van der Waals surface area contributed by atoms with Crippen LogP contribution >= 0.6 is 11.6 Å². The molecule has 0 radical (unpaired) electrons. The van der Waals surface area contributed by atoms with Crippen LogP contribution in [-0.2, 0) is 6.61 Å². The first-order chi connectivity index (χ1) is 9.49. The lowest BCUT2D eigenvalue weighted by Gasteiger charge is -2.10. The molecule has 0 aliphatic heterocycles. The Morgan fingerprint density at radius 1 is 1.35 bits per heavy atom. The van der Waals surface area contributed by atoms with Crippen LogP contribution in [0.25, 0.3) is 11.3 Å². The number of hydrogen-bond acceptors (Lipinski definition) is 4. The highest BCUT2D eigenvalue weighted by Crippen LogP contribution is 2.31. The molecule has 3 N–H and O–H groups in total. The Morgan fingerprint density at radius 2 is 2.05 bits per heavy atom. The van der Waals surface area contributed by atoms with E-state index in [9.17, 15) is 13.6 Å². The fraction of sp³-hybridized carbons (Fsp3) is 0.0769. The molecule has 1 aromatic heterocycles. The summed E-state index contributed by atoms with van der Waals surface area (Å²) in [6, 6.07) is 3.55. The molecule has 0 amide bonds. The predicted octanol–water partition coefficient (Wildman–Crippen LogP) is 2.57. The number of carbonyl (C=O) groups is 1. The van der Waals surface area contributed by atoms with Crippen LogP contribution in [0.1, 0.15) is 16.1 Å². The number of carbonyl (C=O) groups excluding carboxylic acids is 1. The molecule has 0 spiro atoms. The van der Waals surface area contributed by atoms with Crippen LogP contribution in [0.15, 0.2) is 18.2 Å². The number of aldehydes is 1. The standard InChI is InChI=1S/C13H9ClF2N2O2/c14-9-2-1-7(11(15)8(9)5-20)13-12(16)10(17)3-6(4-19)18-13/h1-4,20H,5H2,(H2,17,18). The number of halogens is 3. The first-order valence-corrected chi connectivity index (χ1v) is 5.86. The van der Waals surface area contributed by atoms with Crippen molar-refractivity contribution in [2.75, 3.05) is 5.73 Å². The minimum atomic E-state index is -0.944. The van der Waals surface area contributed by atoms with Gasteiger partial charge in [-0.3, -0.25) is 4.79 Å². The molecule has 2 rings (SSSR count). The minimum absolute atomic E-state index is 0.00803. The van der Waals surface area contributed by atoms with Crippen molar-refractivity contribution >= 4 is 23.6 Å². The number of nitrogen functional groups attached to an aromatic ring is 1. The van der Waals surface area contributed by atoms with E-state index in [1.54, 1.807) is 0 Å². The Balaban J connectivity index is 2.75. The number of aliphatic hydroxyl groups excluding tert-OH is 1. The Hall–Kier alpha value is -2.05. The van der Waals surface area contributed by atoms with E-state index in [1.807, 2.05) is 0 Å². The highest BCUT2D eigenvalue weighted by Gasteiger charge is 2.19. The first-order valence-electron chi connectivity index (χ1n) is 5.49. The van der Waals surface area contributed by atoms with E-state index in [4.69, 9.17) is 22.4 Å². The average Bonchev–Trinajstić information content (AvgIpc) is 2.43. The van der Waals surface area contributed by atoms with Crippen LogP contribution in [0, 0.1) is 11.6 Å². The number of pyridine rings is 1. The topological polar surface area (TPSA) is 76.2 Å². The van der Waals surface area contributed by atoms with Crippen molar-refractivity contribution in [2.45, 2.75) is 6.61 Å². The molecule has 2 aromatic rings. The molecule has 1 aromatic carbocycles. The number of nitrogens with two attached hydrogens (primary N) is 1. The molecule has 0 aliphatic carbocycles. The lowest BCUT2D eigenvalue weighted by molar-refractivity contribution is 0.111. The normalized spacial score (nSPS) is 10.6. The zero-order valence-corrected chi connectivity index (χ0v) is 10.8. The molecule has 1 heterocycles. The van der Waals surface area contributed by atoms with Crippen LogP contribution in [0.4, 0.5) is 14.5 Å². The maximum Gasteiger partial charge on any atom is 0.172 e. The third-order valence-electron chi connectivity index (χ3n) is 2.73. The van der Waals surface area contributed by atoms with Crippen LogP contribution in [0.5, 0.6) is 0 Å². The second kappa shape index (κ2) is 5.52. The molecule has 0 saturated heterocycles. The van der Waals surface area contributed by atoms with Gasteiger partial charge in [0.15, 0.2) is 12.1 Å². The van der Waals surface area contributed by atoms with Crippen molar-refractivity contribution < 1.29 is 18.7 Å². The van der Waals surface area contributed by atoms with Crippen molar-refractivity contribution in [1.29, 1.82) is 0 Å². The highest BCUT2D eigenvalue weighted by molar-refractivity contribution is 6.31. The summed E-state index contributed by atoms with van der Waals surface area (Å²) >= 11 is 5.72. The van der Waals surface area contributed by atoms with Crippen LogP contribution in [0.3, 0.4) is 0 Å². The molecule has 0 aliphatic rings. The third-order valence-corrected chi connectivity index (χ3v) is 3.08. The smallest absolute Gasteiger partial charge is 0.172 e. The van der Waals surface area contributed by atoms with Crippen molar-refractivity contribution in [3.05, 3.63) is 46.1 Å². The SMILES string of the molecule is Nc1cc(C=O)nc(-c2ccc(Cl)c(CO)c2F)c1F. The Morgan fingerprint density at radius 3 is 2.65 bits per heavy atom. The molecular formula is C13H9ClF2N2O2. The van der Waals surface area contributed by atoms with Gasteiger partial charge in [0.05, 0.1) is 12.3 Å². The summed E-state index contributed by atoms with van der Waals surface area (Å²) in [5.74, 6) is -1.85. The van der Waals surface area contributed by atoms with Gasteiger partial charge in [0, 0.05) is 16.1 Å². The van der Waals surface area contributed by atoms with Gasteiger partial charge in [-0.2, -0.15) is 0 Å². The molecule has 104 valence electrons. The predicted molar refractivity (Wildman–Crippen MR) is 70.3 cm³/mol. The summed E-state index contributed by atoms with van der Waals surface area (Å²) in [5, 5.41) is 9.08. The summed E-state index contributed by atoms with van der Waals surface area (Å²) in [7, 11) is 0. The summed E-state index contributed by atoms with van der Waals surface area (Å²) < 4.78 is 28.1. The van der Waals surface area contributed by atoms with Gasteiger partial charge in [0.25, 0.3) is 0 Å². The number of aromatic nitrogens is 1. The molecule has 0 fully saturated rings. The zero-order valence-electron chi connectivity index (χ0n) is 10.0. The van der Waals surface area contributed by atoms with Crippen molar-refractivity contribution in [3.8, 4) is 11.3 Å². The van der Waals surface area contributed by atoms with Gasteiger partial charge in [-0.15, -0.1) is 0 Å². The summed E-state index contributed by atoms with van der Waals surface area (Å²) in [6.45, 7) is -0.650. The molecule has 0 unspecified atom stereocenters. The van der Waals surface area contributed by atoms with Gasteiger partial charge in [-0.1, -0.05) is 11.6 Å². The monoisotopic (exact) mass is 298 g/mol. The Labute approximate surface area is 117 Å². The van der Waals surface area contributed by atoms with E-state index >= 15 is 0 Å². The first kappa shape index (κ1) is 14.4. The number of rotatable bonds is 3. The number of anilines is 1. The van der Waals surface area contributed by atoms with Crippen LogP contribution in [0.2, 0.25) is 5.02 Å². The van der Waals surface area contributed by atoms with E-state index in [2.05, 4.69) is 4.98 Å². The summed E-state index contributed by atoms with van der Waals surface area (Å²) in [4.78, 5) is 14.4. The van der Waals surface area contributed by atoms with Gasteiger partial charge in [-0.05, 0) is 18.2 Å². The number of nitrogens with zero attached hydrogens (tertiary/aromatic N) is 1. The molecule has 4 nitrogen and oxygen atoms in total. The molecule has 7 heteroatoms. The highest BCUT2D eigenvalue weighted by atomic mass is 35.5. The molecular weight excluding hydrogens is 290 g/mol. The second-order valence-corrected chi connectivity index (χ2v) is 4.37. The molecule has 0 bridgehead atoms. The largest absolute Gasteiger partial charge is 0.396 e. The van der Waals surface area contributed by atoms with Gasteiger partial charge >= 0.3 is 0 Å². The number of aliphatic hydroxyl groups is 1. The molecule has 20 heavy (non-hydrogen) atoms. The fourth-order valence-electron chi connectivity index (χ4n) is 1.73. The van der Waals surface area contributed by atoms with Crippen LogP contribution in [-0.4, -0.2) is 16.4 Å². The minimum Gasteiger partial charge on any atom is -0.396 e. The summed E-state index contributed by atoms with van der Waals surface area (Å²) in [6.07, 6.45) is 0.375. The quantitative estimate of drug-likeness (QED) is 0.854. The Bertz CT molecular complexity index is 693. The van der Waals surface area contributed by atoms with E-state index in [0.717, 1.165) is 6.07 Å². The maximum atomic E-state index is 14.2. The molecule has 0 saturated carbocycles. The van der Waals surface area contributed by atoms with Crippen molar-refractivity contribution in [2.24, 2.45) is 0 Å². The van der Waals surface area contributed by atoms with Crippen molar-refractivity contribution in [1.82, 2.24) is 4.98 Å². The van der Waals surface area contributed by atoms with Gasteiger partial charge in [0.1, 0.15) is 17.2 Å². The molecule has 0 atom stereocenters. The van der Waals surface area contributed by atoms with Gasteiger partial charge in [-0.25, -0.2) is 13.8 Å². The Kier molecular flexibility index (Phi) is 3.96. The maximum absolute atomic E-state index is 14.2. The lowest BCUT2D eigenvalue weighted by atomic mass is 10.1. The lowest BCUT2D eigenvalue weighted by Crippen LogP contribution is -2.03. The van der Waals surface area contributed by atoms with E-state index in [1.165, 1.54) is 12.1 Å². The zero-order chi connectivity index (χ0) is 14.9. The van der Waals surface area contributed by atoms with Crippen LogP contribution < -0.4 is 5.73 Å². The average molecular weight is 299 g/mol. The third kappa shape index (κ3) is 2.35. The van der Waals surface area contributed by atoms with Crippen molar-refractivity contribution in [3.63, 3.8) is 0 Å². The van der Waals surface area contributed by atoms with E-state index in [-0.39, 0.29) is 27.5 Å². The fourth-order valence-corrected chi connectivity index (χ4v) is 1.94. The van der Waals surface area contributed by atoms with E-state index < -0.39 is 23.9 Å². The van der Waals surface area contributed by atoms with E-state index in [0.29, 0.717) is 6.29 Å².